The van der Waals surface area contributed by atoms with Gasteiger partial charge in [-0.1, -0.05) is 0 Å². The number of carbonyl (C=O) groups is 1. The summed E-state index contributed by atoms with van der Waals surface area (Å²) in [5.41, 5.74) is 3.47. The van der Waals surface area contributed by atoms with Gasteiger partial charge in [0.2, 0.25) is 5.91 Å². The van der Waals surface area contributed by atoms with E-state index in [0.29, 0.717) is 24.5 Å². The smallest absolute Gasteiger partial charge is 0.254 e. The Hall–Kier alpha value is -2.96. The Bertz CT molecular complexity index is 959. The number of hydrogen-bond donors (Lipinski definition) is 2. The first-order valence-electron chi connectivity index (χ1n) is 9.15. The average molecular weight is 369 g/mol. The molecule has 0 aliphatic heterocycles. The van der Waals surface area contributed by atoms with E-state index in [1.54, 1.807) is 13.2 Å². The molecule has 0 bridgehead atoms. The maximum absolute atomic E-state index is 12.4. The van der Waals surface area contributed by atoms with Crippen molar-refractivity contribution in [3.63, 3.8) is 0 Å². The van der Waals surface area contributed by atoms with Crippen molar-refractivity contribution in [2.24, 2.45) is 0 Å². The Kier molecular flexibility index (Phi) is 4.75. The second-order valence-electron chi connectivity index (χ2n) is 6.78. The first kappa shape index (κ1) is 17.5. The minimum absolute atomic E-state index is 0.000506. The minimum atomic E-state index is -0.000506. The van der Waals surface area contributed by atoms with E-state index in [0.717, 1.165) is 36.2 Å². The quantitative estimate of drug-likeness (QED) is 0.696. The Labute approximate surface area is 157 Å². The predicted octanol–water partition coefficient (Wildman–Crippen LogP) is 3.30. The number of benzene rings is 1. The lowest BCUT2D eigenvalue weighted by atomic mass is 9.91. The van der Waals surface area contributed by atoms with E-state index in [1.165, 1.54) is 18.1 Å². The number of nitrogens with zero attached hydrogens (tertiary/aromatic N) is 1. The number of aromatic amines is 1. The van der Waals surface area contributed by atoms with Crippen molar-refractivity contribution in [1.82, 2.24) is 15.5 Å². The normalized spacial score (nSPS) is 16.1. The fourth-order valence-corrected chi connectivity index (χ4v) is 3.72. The third-order valence-electron chi connectivity index (χ3n) is 5.09. The fraction of sp³-hybridized carbons (Fsp3) is 0.400. The predicted molar refractivity (Wildman–Crippen MR) is 100 cm³/mol. The number of rotatable bonds is 6. The second-order valence-corrected chi connectivity index (χ2v) is 6.78. The molecule has 0 spiro atoms. The number of aryl methyl sites for hydroxylation is 2. The molecule has 142 valence electrons. The monoisotopic (exact) mass is 369 g/mol. The summed E-state index contributed by atoms with van der Waals surface area (Å²) >= 11 is 0. The zero-order chi connectivity index (χ0) is 18.8. The van der Waals surface area contributed by atoms with E-state index in [4.69, 9.17) is 14.0 Å². The molecule has 1 atom stereocenters. The summed E-state index contributed by atoms with van der Waals surface area (Å²) in [5, 5.41) is 8.09. The second kappa shape index (κ2) is 7.34. The topological polar surface area (TPSA) is 89.4 Å². The standard InChI is InChI=1S/C20H23N3O4/c1-25-12-6-8-16-15(10-12)14-4-3-5-17(20(14)22-16)21-18(24)9-7-13-11-19(26-2)23-27-13/h6,8,10-11,17,22H,3-5,7,9H2,1-2H3,(H,21,24)/t17-/m0/s1. The van der Waals surface area contributed by atoms with Crippen molar-refractivity contribution in [1.29, 1.82) is 0 Å². The Morgan fingerprint density at radius 1 is 1.33 bits per heavy atom. The molecular formula is C20H23N3O4. The first-order chi connectivity index (χ1) is 13.2. The van der Waals surface area contributed by atoms with Crippen molar-refractivity contribution < 1.29 is 18.8 Å². The van der Waals surface area contributed by atoms with Gasteiger partial charge in [-0.15, -0.1) is 0 Å². The molecule has 0 unspecified atom stereocenters. The lowest BCUT2D eigenvalue weighted by Gasteiger charge is -2.23. The van der Waals surface area contributed by atoms with Crippen LogP contribution in [0.5, 0.6) is 11.6 Å². The van der Waals surface area contributed by atoms with Gasteiger partial charge in [0, 0.05) is 35.5 Å². The summed E-state index contributed by atoms with van der Waals surface area (Å²) < 4.78 is 15.5. The highest BCUT2D eigenvalue weighted by Crippen LogP contribution is 2.36. The van der Waals surface area contributed by atoms with Crippen LogP contribution in [-0.2, 0) is 17.6 Å². The Balaban J connectivity index is 1.46. The molecule has 2 N–H and O–H groups in total. The zero-order valence-corrected chi connectivity index (χ0v) is 15.5. The lowest BCUT2D eigenvalue weighted by Crippen LogP contribution is -2.31. The minimum Gasteiger partial charge on any atom is -0.497 e. The van der Waals surface area contributed by atoms with Crippen LogP contribution in [0.15, 0.2) is 28.8 Å². The summed E-state index contributed by atoms with van der Waals surface area (Å²) in [7, 11) is 3.21. The molecule has 1 amide bonds. The number of amides is 1. The van der Waals surface area contributed by atoms with Crippen molar-refractivity contribution in [3.8, 4) is 11.6 Å². The molecule has 2 heterocycles. The van der Waals surface area contributed by atoms with Crippen LogP contribution in [-0.4, -0.2) is 30.3 Å². The molecule has 7 heteroatoms. The highest BCUT2D eigenvalue weighted by Gasteiger charge is 2.25. The lowest BCUT2D eigenvalue weighted by molar-refractivity contribution is -0.122. The van der Waals surface area contributed by atoms with Gasteiger partial charge in [-0.25, -0.2) is 0 Å². The highest BCUT2D eigenvalue weighted by atomic mass is 16.5. The summed E-state index contributed by atoms with van der Waals surface area (Å²) in [6.07, 6.45) is 3.82. The molecule has 1 aromatic carbocycles. The van der Waals surface area contributed by atoms with Gasteiger partial charge in [0.25, 0.3) is 5.88 Å². The van der Waals surface area contributed by atoms with Crippen LogP contribution in [0.25, 0.3) is 10.9 Å². The van der Waals surface area contributed by atoms with Gasteiger partial charge in [-0.05, 0) is 48.2 Å². The molecule has 0 radical (unpaired) electrons. The first-order valence-corrected chi connectivity index (χ1v) is 9.15. The van der Waals surface area contributed by atoms with Gasteiger partial charge >= 0.3 is 0 Å². The van der Waals surface area contributed by atoms with Gasteiger partial charge in [0.1, 0.15) is 11.5 Å². The van der Waals surface area contributed by atoms with E-state index in [2.05, 4.69) is 21.5 Å². The molecule has 7 nitrogen and oxygen atoms in total. The molecule has 27 heavy (non-hydrogen) atoms. The maximum atomic E-state index is 12.4. The molecule has 0 saturated carbocycles. The van der Waals surface area contributed by atoms with Crippen molar-refractivity contribution in [2.75, 3.05) is 14.2 Å². The van der Waals surface area contributed by atoms with Crippen LogP contribution in [0.3, 0.4) is 0 Å². The molecule has 1 aliphatic rings. The third kappa shape index (κ3) is 3.49. The summed E-state index contributed by atoms with van der Waals surface area (Å²) in [6, 6.07) is 7.75. The van der Waals surface area contributed by atoms with Crippen LogP contribution in [0.2, 0.25) is 0 Å². The molecule has 3 aromatic rings. The van der Waals surface area contributed by atoms with Crippen LogP contribution >= 0.6 is 0 Å². The van der Waals surface area contributed by atoms with E-state index in [1.807, 2.05) is 12.1 Å². The number of methoxy groups -OCH3 is 2. The van der Waals surface area contributed by atoms with Gasteiger partial charge in [-0.3, -0.25) is 4.79 Å². The van der Waals surface area contributed by atoms with E-state index < -0.39 is 0 Å². The van der Waals surface area contributed by atoms with Crippen LogP contribution < -0.4 is 14.8 Å². The van der Waals surface area contributed by atoms with Gasteiger partial charge in [-0.2, -0.15) is 0 Å². The Morgan fingerprint density at radius 3 is 3.00 bits per heavy atom. The third-order valence-corrected chi connectivity index (χ3v) is 5.09. The fourth-order valence-electron chi connectivity index (χ4n) is 3.72. The zero-order valence-electron chi connectivity index (χ0n) is 15.5. The molecule has 1 aliphatic carbocycles. The SMILES string of the molecule is COc1ccc2[nH]c3c(c2c1)CCC[C@@H]3NC(=O)CCc1cc(OC)no1. The average Bonchev–Trinajstić information content (AvgIpc) is 3.30. The van der Waals surface area contributed by atoms with E-state index in [-0.39, 0.29) is 11.9 Å². The summed E-state index contributed by atoms with van der Waals surface area (Å²) in [5.74, 6) is 1.91. The van der Waals surface area contributed by atoms with E-state index in [9.17, 15) is 4.79 Å². The van der Waals surface area contributed by atoms with Crippen molar-refractivity contribution >= 4 is 16.8 Å². The van der Waals surface area contributed by atoms with Crippen molar-refractivity contribution in [2.45, 2.75) is 38.1 Å². The molecule has 2 aromatic heterocycles. The number of H-pyrrole nitrogens is 1. The van der Waals surface area contributed by atoms with Gasteiger partial charge in [0.15, 0.2) is 0 Å². The van der Waals surface area contributed by atoms with E-state index >= 15 is 0 Å². The number of carbonyl (C=O) groups excluding carboxylic acids is 1. The van der Waals surface area contributed by atoms with Gasteiger partial charge < -0.3 is 24.3 Å². The summed E-state index contributed by atoms with van der Waals surface area (Å²) in [4.78, 5) is 15.9. The van der Waals surface area contributed by atoms with Crippen molar-refractivity contribution in [3.05, 3.63) is 41.3 Å². The number of ether oxygens (including phenoxy) is 2. The number of aromatic nitrogens is 2. The molecular weight excluding hydrogens is 346 g/mol. The molecule has 4 rings (SSSR count). The highest BCUT2D eigenvalue weighted by molar-refractivity contribution is 5.87. The largest absolute Gasteiger partial charge is 0.497 e. The number of nitrogens with one attached hydrogen (secondary N) is 2. The van der Waals surface area contributed by atoms with Crippen LogP contribution in [0, 0.1) is 0 Å². The molecule has 0 saturated heterocycles. The van der Waals surface area contributed by atoms with Crippen LogP contribution in [0.4, 0.5) is 0 Å². The summed E-state index contributed by atoms with van der Waals surface area (Å²) in [6.45, 7) is 0. The number of hydrogen-bond acceptors (Lipinski definition) is 5. The maximum Gasteiger partial charge on any atom is 0.254 e. The van der Waals surface area contributed by atoms with Crippen LogP contribution in [0.1, 0.15) is 42.3 Å². The van der Waals surface area contributed by atoms with Gasteiger partial charge in [0.05, 0.1) is 20.3 Å². The Morgan fingerprint density at radius 2 is 2.22 bits per heavy atom. The molecule has 0 fully saturated rings. The number of fused-ring (bicyclic) bond motifs is 3.